The zero-order chi connectivity index (χ0) is 17.8. The van der Waals surface area contributed by atoms with Gasteiger partial charge in [0.15, 0.2) is 5.78 Å². The molecular formula is C20H17NO4. The normalized spacial score (nSPS) is 11.8. The molecule has 2 aromatic rings. The topological polar surface area (TPSA) is 64.6 Å². The number of carbonyl (C=O) groups excluding carboxylic acids is 2. The van der Waals surface area contributed by atoms with Gasteiger partial charge in [0, 0.05) is 28.5 Å². The molecule has 1 aliphatic carbocycles. The Labute approximate surface area is 145 Å². The highest BCUT2D eigenvalue weighted by molar-refractivity contribution is 6.11. The number of ketones is 1. The zero-order valence-corrected chi connectivity index (χ0v) is 14.0. The van der Waals surface area contributed by atoms with E-state index in [4.69, 9.17) is 9.47 Å². The maximum Gasteiger partial charge on any atom is 0.228 e. The van der Waals surface area contributed by atoms with Crippen LogP contribution in [0.25, 0.3) is 6.08 Å². The van der Waals surface area contributed by atoms with Gasteiger partial charge in [-0.05, 0) is 30.3 Å². The lowest BCUT2D eigenvalue weighted by atomic mass is 9.98. The third kappa shape index (κ3) is 3.47. The molecule has 5 nitrogen and oxygen atoms in total. The molecule has 25 heavy (non-hydrogen) atoms. The van der Waals surface area contributed by atoms with E-state index >= 15 is 0 Å². The average molecular weight is 335 g/mol. The summed E-state index contributed by atoms with van der Waals surface area (Å²) < 4.78 is 10.5. The van der Waals surface area contributed by atoms with E-state index in [9.17, 15) is 9.59 Å². The monoisotopic (exact) mass is 335 g/mol. The minimum absolute atomic E-state index is 0.122. The lowest BCUT2D eigenvalue weighted by Gasteiger charge is -2.14. The van der Waals surface area contributed by atoms with Crippen LogP contribution in [0.1, 0.15) is 21.5 Å². The molecule has 3 rings (SSSR count). The maximum atomic E-state index is 12.5. The van der Waals surface area contributed by atoms with Crippen LogP contribution in [-0.2, 0) is 11.2 Å². The first-order valence-corrected chi connectivity index (χ1v) is 7.73. The Morgan fingerprint density at radius 1 is 1.12 bits per heavy atom. The highest BCUT2D eigenvalue weighted by Crippen LogP contribution is 2.27. The molecule has 0 unspecified atom stereocenters. The van der Waals surface area contributed by atoms with Gasteiger partial charge in [-0.2, -0.15) is 0 Å². The number of benzene rings is 2. The number of amides is 1. The third-order valence-electron chi connectivity index (χ3n) is 3.93. The predicted molar refractivity (Wildman–Crippen MR) is 95.2 cm³/mol. The Morgan fingerprint density at radius 3 is 2.72 bits per heavy atom. The van der Waals surface area contributed by atoms with Crippen molar-refractivity contribution in [2.45, 2.75) is 6.42 Å². The lowest BCUT2D eigenvalue weighted by Crippen LogP contribution is -2.17. The first kappa shape index (κ1) is 16.6. The molecule has 0 aromatic heterocycles. The summed E-state index contributed by atoms with van der Waals surface area (Å²) in [6.45, 7) is 0. The van der Waals surface area contributed by atoms with Crippen molar-refractivity contribution in [2.24, 2.45) is 0 Å². The van der Waals surface area contributed by atoms with E-state index < -0.39 is 0 Å². The summed E-state index contributed by atoms with van der Waals surface area (Å²) in [6.07, 6.45) is 3.20. The van der Waals surface area contributed by atoms with E-state index in [1.54, 1.807) is 56.7 Å². The lowest BCUT2D eigenvalue weighted by molar-refractivity contribution is -0.115. The Kier molecular flexibility index (Phi) is 4.68. The number of anilines is 1. The molecule has 0 saturated heterocycles. The minimum atomic E-state index is -0.213. The first-order chi connectivity index (χ1) is 12.1. The van der Waals surface area contributed by atoms with Crippen LogP contribution in [0.15, 0.2) is 48.2 Å². The van der Waals surface area contributed by atoms with Crippen LogP contribution in [0.4, 0.5) is 5.69 Å². The van der Waals surface area contributed by atoms with E-state index in [0.717, 1.165) is 5.56 Å². The van der Waals surface area contributed by atoms with E-state index in [2.05, 4.69) is 11.0 Å². The van der Waals surface area contributed by atoms with Crippen molar-refractivity contribution < 1.29 is 19.1 Å². The second kappa shape index (κ2) is 7.07. The smallest absolute Gasteiger partial charge is 0.228 e. The molecule has 0 spiro atoms. The fourth-order valence-corrected chi connectivity index (χ4v) is 2.71. The van der Waals surface area contributed by atoms with Crippen LogP contribution in [0.3, 0.4) is 0 Å². The van der Waals surface area contributed by atoms with Gasteiger partial charge in [0.05, 0.1) is 20.6 Å². The molecule has 0 radical (unpaired) electrons. The van der Waals surface area contributed by atoms with Gasteiger partial charge in [-0.25, -0.2) is 0 Å². The molecule has 1 N–H and O–H groups in total. The van der Waals surface area contributed by atoms with Crippen LogP contribution >= 0.6 is 0 Å². The van der Waals surface area contributed by atoms with Gasteiger partial charge in [-0.15, -0.1) is 5.73 Å². The summed E-state index contributed by atoms with van der Waals surface area (Å²) in [7, 11) is 3.12. The fraction of sp³-hybridized carbons (Fsp3) is 0.150. The van der Waals surface area contributed by atoms with Crippen LogP contribution in [-0.4, -0.2) is 25.9 Å². The maximum absolute atomic E-state index is 12.5. The number of ether oxygens (including phenoxy) is 2. The van der Waals surface area contributed by atoms with Crippen LogP contribution in [0, 0.1) is 0 Å². The predicted octanol–water partition coefficient (Wildman–Crippen LogP) is 3.25. The Balaban J connectivity index is 1.83. The molecule has 2 aromatic carbocycles. The summed E-state index contributed by atoms with van der Waals surface area (Å²) in [5, 5.41) is 2.86. The Morgan fingerprint density at radius 2 is 1.96 bits per heavy atom. The third-order valence-corrected chi connectivity index (χ3v) is 3.93. The number of allylic oxidation sites excluding steroid dienone is 1. The van der Waals surface area contributed by atoms with Crippen LogP contribution in [0.5, 0.6) is 11.5 Å². The first-order valence-electron chi connectivity index (χ1n) is 7.73. The van der Waals surface area contributed by atoms with Gasteiger partial charge < -0.3 is 14.8 Å². The number of hydrogen-bond donors (Lipinski definition) is 1. The van der Waals surface area contributed by atoms with Crippen molar-refractivity contribution in [1.29, 1.82) is 0 Å². The molecular weight excluding hydrogens is 318 g/mol. The molecule has 0 saturated carbocycles. The Bertz CT molecular complexity index is 908. The van der Waals surface area contributed by atoms with Gasteiger partial charge >= 0.3 is 0 Å². The molecule has 0 fully saturated rings. The number of rotatable bonds is 5. The van der Waals surface area contributed by atoms with Crippen molar-refractivity contribution in [2.75, 3.05) is 19.5 Å². The van der Waals surface area contributed by atoms with Gasteiger partial charge in [0.1, 0.15) is 11.5 Å². The number of methoxy groups -OCH3 is 2. The van der Waals surface area contributed by atoms with Gasteiger partial charge in [0.25, 0.3) is 0 Å². The van der Waals surface area contributed by atoms with Crippen LogP contribution < -0.4 is 14.8 Å². The quantitative estimate of drug-likeness (QED) is 0.852. The summed E-state index contributed by atoms with van der Waals surface area (Å²) in [6, 6.07) is 10.5. The van der Waals surface area contributed by atoms with Crippen molar-refractivity contribution in [1.82, 2.24) is 0 Å². The van der Waals surface area contributed by atoms with Crippen molar-refractivity contribution in [3.8, 4) is 11.5 Å². The molecule has 0 aliphatic heterocycles. The second-order valence-corrected chi connectivity index (χ2v) is 5.49. The zero-order valence-electron chi connectivity index (χ0n) is 14.0. The molecule has 126 valence electrons. The second-order valence-electron chi connectivity index (χ2n) is 5.49. The molecule has 1 amide bonds. The summed E-state index contributed by atoms with van der Waals surface area (Å²) >= 11 is 0. The van der Waals surface area contributed by atoms with Gasteiger partial charge in [-0.1, -0.05) is 12.1 Å². The average Bonchev–Trinajstić information content (AvgIpc) is 2.62. The molecule has 0 heterocycles. The fourth-order valence-electron chi connectivity index (χ4n) is 2.71. The standard InChI is InChI=1S/C20H17NO4/c1-24-14-9-10-19(25-2)13(11-14)12-20(23)21-17-7-3-6-16-15(17)5-4-8-18(16)22/h3,5-11H,12H2,1-2H3,(H,21,23). The largest absolute Gasteiger partial charge is 0.497 e. The number of hydrogen-bond acceptors (Lipinski definition) is 4. The highest BCUT2D eigenvalue weighted by Gasteiger charge is 2.16. The number of carbonyl (C=O) groups is 2. The molecule has 0 atom stereocenters. The van der Waals surface area contributed by atoms with Gasteiger partial charge in [0.2, 0.25) is 5.91 Å². The molecule has 1 aliphatic rings. The molecule has 0 bridgehead atoms. The van der Waals surface area contributed by atoms with Crippen molar-refractivity contribution in [3.63, 3.8) is 0 Å². The summed E-state index contributed by atoms with van der Waals surface area (Å²) in [5.74, 6) is 0.932. The van der Waals surface area contributed by atoms with E-state index in [1.165, 1.54) is 6.08 Å². The van der Waals surface area contributed by atoms with Crippen molar-refractivity contribution >= 4 is 23.5 Å². The summed E-state index contributed by atoms with van der Waals surface area (Å²) in [5.41, 5.74) is 5.32. The number of nitrogens with one attached hydrogen (secondary N) is 1. The van der Waals surface area contributed by atoms with E-state index in [1.807, 2.05) is 0 Å². The Hall–Kier alpha value is -3.30. The van der Waals surface area contributed by atoms with Crippen LogP contribution in [0.2, 0.25) is 0 Å². The molecule has 5 heteroatoms. The van der Waals surface area contributed by atoms with Gasteiger partial charge in [-0.3, -0.25) is 9.59 Å². The van der Waals surface area contributed by atoms with E-state index in [0.29, 0.717) is 28.3 Å². The van der Waals surface area contributed by atoms with E-state index in [-0.39, 0.29) is 18.1 Å². The minimum Gasteiger partial charge on any atom is -0.497 e. The highest BCUT2D eigenvalue weighted by atomic mass is 16.5. The summed E-state index contributed by atoms with van der Waals surface area (Å²) in [4.78, 5) is 24.4. The number of fused-ring (bicyclic) bond motifs is 1. The SMILES string of the molecule is COc1ccc(OC)c(CC(=O)Nc2cccc3c2C=C=CC3=O)c1. The van der Waals surface area contributed by atoms with Crippen molar-refractivity contribution in [3.05, 3.63) is 64.9 Å².